The van der Waals surface area contributed by atoms with Crippen molar-refractivity contribution in [3.63, 3.8) is 0 Å². The molecule has 0 amide bonds. The molecule has 172 valence electrons. The summed E-state index contributed by atoms with van der Waals surface area (Å²) in [5, 5.41) is 10.7. The largest absolute Gasteiger partial charge is 0.393 e. The van der Waals surface area contributed by atoms with Gasteiger partial charge in [0, 0.05) is 0 Å². The van der Waals surface area contributed by atoms with Crippen LogP contribution in [0.5, 0.6) is 0 Å². The first-order valence-electron chi connectivity index (χ1n) is 13.6. The second-order valence-corrected chi connectivity index (χ2v) is 12.8. The zero-order valence-electron chi connectivity index (χ0n) is 21.0. The summed E-state index contributed by atoms with van der Waals surface area (Å²) in [5.41, 5.74) is 4.79. The van der Waals surface area contributed by atoms with Gasteiger partial charge in [-0.05, 0) is 97.7 Å². The van der Waals surface area contributed by atoms with Gasteiger partial charge in [-0.3, -0.25) is 0 Å². The Hall–Kier alpha value is -0.300. The van der Waals surface area contributed by atoms with Crippen molar-refractivity contribution in [1.82, 2.24) is 0 Å². The molecular formula is C29H50O. The van der Waals surface area contributed by atoms with Gasteiger partial charge in [0.25, 0.3) is 0 Å². The van der Waals surface area contributed by atoms with E-state index in [4.69, 9.17) is 0 Å². The fourth-order valence-electron chi connectivity index (χ4n) is 9.29. The summed E-state index contributed by atoms with van der Waals surface area (Å²) < 4.78 is 0. The Morgan fingerprint density at radius 1 is 0.967 bits per heavy atom. The highest BCUT2D eigenvalue weighted by molar-refractivity contribution is 5.35. The minimum absolute atomic E-state index is 0.0429. The van der Waals surface area contributed by atoms with Crippen LogP contribution in [0.4, 0.5) is 0 Å². The third-order valence-electron chi connectivity index (χ3n) is 10.9. The molecule has 4 rings (SSSR count). The fourth-order valence-corrected chi connectivity index (χ4v) is 9.29. The van der Waals surface area contributed by atoms with E-state index < -0.39 is 0 Å². The lowest BCUT2D eigenvalue weighted by molar-refractivity contribution is -0.0854. The number of rotatable bonds is 6. The summed E-state index contributed by atoms with van der Waals surface area (Å²) >= 11 is 0. The molecule has 4 aliphatic carbocycles. The van der Waals surface area contributed by atoms with Crippen LogP contribution in [0.25, 0.3) is 0 Å². The van der Waals surface area contributed by atoms with Gasteiger partial charge in [0.1, 0.15) is 0 Å². The van der Waals surface area contributed by atoms with Crippen LogP contribution in [-0.2, 0) is 0 Å². The van der Waals surface area contributed by atoms with Crippen molar-refractivity contribution < 1.29 is 5.11 Å². The maximum absolute atomic E-state index is 10.7. The van der Waals surface area contributed by atoms with Crippen molar-refractivity contribution >= 4 is 0 Å². The topological polar surface area (TPSA) is 20.2 Å². The molecule has 0 bridgehead atoms. The van der Waals surface area contributed by atoms with Crippen molar-refractivity contribution in [2.24, 2.45) is 46.3 Å². The van der Waals surface area contributed by atoms with E-state index in [2.05, 4.69) is 41.5 Å². The van der Waals surface area contributed by atoms with Gasteiger partial charge < -0.3 is 5.11 Å². The van der Waals surface area contributed by atoms with Gasteiger partial charge in [-0.1, -0.05) is 78.4 Å². The maximum atomic E-state index is 10.7. The van der Waals surface area contributed by atoms with Gasteiger partial charge in [0.05, 0.1) is 6.10 Å². The number of allylic oxidation sites excluding steroid dienone is 2. The minimum atomic E-state index is -0.0429. The molecule has 0 aromatic rings. The van der Waals surface area contributed by atoms with Crippen LogP contribution in [0.2, 0.25) is 0 Å². The number of aliphatic hydroxyl groups is 1. The van der Waals surface area contributed by atoms with E-state index in [1.54, 1.807) is 0 Å². The zero-order chi connectivity index (χ0) is 21.7. The smallest absolute Gasteiger partial charge is 0.0571 e. The average molecular weight is 415 g/mol. The quantitative estimate of drug-likeness (QED) is 0.434. The molecule has 8 atom stereocenters. The number of fused-ring (bicyclic) bond motifs is 4. The standard InChI is InChI=1S/C29H50O/c1-7-21-24-12-11-22-25-14-13-23(20(4)10-8-9-19(2)3)28(25,5)17-15-26(22)29(24,6)18-16-27(21)30/h19-21,23-24,26-27,30H,7-18H2,1-6H3/t20-,21?,23-,24?,26+,27-,28-,29+/m1/s1. The lowest BCUT2D eigenvalue weighted by Gasteiger charge is -2.59. The highest BCUT2D eigenvalue weighted by Gasteiger charge is 2.57. The summed E-state index contributed by atoms with van der Waals surface area (Å²) in [4.78, 5) is 0. The molecule has 0 radical (unpaired) electrons. The summed E-state index contributed by atoms with van der Waals surface area (Å²) in [6.07, 6.45) is 16.0. The molecule has 1 nitrogen and oxygen atoms in total. The molecule has 3 saturated carbocycles. The van der Waals surface area contributed by atoms with Gasteiger partial charge >= 0.3 is 0 Å². The summed E-state index contributed by atoms with van der Waals surface area (Å²) in [6, 6.07) is 0. The Labute approximate surface area is 187 Å². The summed E-state index contributed by atoms with van der Waals surface area (Å²) in [6.45, 7) is 14.9. The fraction of sp³-hybridized carbons (Fsp3) is 0.931. The highest BCUT2D eigenvalue weighted by Crippen LogP contribution is 2.66. The first-order chi connectivity index (χ1) is 14.2. The predicted molar refractivity (Wildman–Crippen MR) is 128 cm³/mol. The Balaban J connectivity index is 1.56. The Bertz CT molecular complexity index is 647. The minimum Gasteiger partial charge on any atom is -0.393 e. The molecule has 0 spiro atoms. The van der Waals surface area contributed by atoms with Crippen molar-refractivity contribution in [1.29, 1.82) is 0 Å². The molecule has 0 aliphatic heterocycles. The third kappa shape index (κ3) is 3.64. The van der Waals surface area contributed by atoms with Crippen LogP contribution < -0.4 is 0 Å². The van der Waals surface area contributed by atoms with Crippen LogP contribution in [0.3, 0.4) is 0 Å². The van der Waals surface area contributed by atoms with Gasteiger partial charge in [0.15, 0.2) is 0 Å². The molecule has 0 heterocycles. The maximum Gasteiger partial charge on any atom is 0.0571 e. The second-order valence-electron chi connectivity index (χ2n) is 12.8. The zero-order valence-corrected chi connectivity index (χ0v) is 21.0. The molecule has 3 fully saturated rings. The van der Waals surface area contributed by atoms with Crippen LogP contribution in [0, 0.1) is 46.3 Å². The average Bonchev–Trinajstić information content (AvgIpc) is 3.05. The van der Waals surface area contributed by atoms with Crippen LogP contribution >= 0.6 is 0 Å². The lowest BCUT2D eigenvalue weighted by Crippen LogP contribution is -2.52. The van der Waals surface area contributed by atoms with Crippen LogP contribution in [-0.4, -0.2) is 11.2 Å². The molecule has 0 aromatic carbocycles. The van der Waals surface area contributed by atoms with Gasteiger partial charge in [0.2, 0.25) is 0 Å². The van der Waals surface area contributed by atoms with Crippen molar-refractivity contribution in [2.45, 2.75) is 125 Å². The van der Waals surface area contributed by atoms with E-state index in [0.29, 0.717) is 16.7 Å². The summed E-state index contributed by atoms with van der Waals surface area (Å²) in [7, 11) is 0. The molecule has 0 saturated heterocycles. The molecule has 1 heteroatoms. The number of hydrogen-bond acceptors (Lipinski definition) is 1. The SMILES string of the molecule is CCC1C2CCC3=C4CC[C@H]([C@H](C)CCCC(C)C)[C@@]4(C)CC[C@@H]3[C@@]2(C)CC[C@H]1O. The third-order valence-corrected chi connectivity index (χ3v) is 10.9. The van der Waals surface area contributed by atoms with E-state index in [0.717, 1.165) is 42.4 Å². The number of aliphatic hydroxyl groups excluding tert-OH is 1. The van der Waals surface area contributed by atoms with Gasteiger partial charge in [-0.25, -0.2) is 0 Å². The van der Waals surface area contributed by atoms with Crippen molar-refractivity contribution in [2.75, 3.05) is 0 Å². The van der Waals surface area contributed by atoms with E-state index in [9.17, 15) is 5.11 Å². The molecule has 4 aliphatic rings. The Kier molecular flexibility index (Phi) is 6.53. The molecular weight excluding hydrogens is 364 g/mol. The molecule has 30 heavy (non-hydrogen) atoms. The van der Waals surface area contributed by atoms with Gasteiger partial charge in [-0.2, -0.15) is 0 Å². The van der Waals surface area contributed by atoms with Crippen LogP contribution in [0.15, 0.2) is 11.1 Å². The van der Waals surface area contributed by atoms with Crippen LogP contribution in [0.1, 0.15) is 119 Å². The van der Waals surface area contributed by atoms with E-state index in [1.165, 1.54) is 64.2 Å². The normalized spacial score (nSPS) is 44.6. The molecule has 1 N–H and O–H groups in total. The van der Waals surface area contributed by atoms with E-state index in [-0.39, 0.29) is 6.10 Å². The Morgan fingerprint density at radius 2 is 1.73 bits per heavy atom. The van der Waals surface area contributed by atoms with Gasteiger partial charge in [-0.15, -0.1) is 0 Å². The monoisotopic (exact) mass is 414 g/mol. The lowest BCUT2D eigenvalue weighted by atomic mass is 9.46. The van der Waals surface area contributed by atoms with E-state index in [1.807, 2.05) is 11.1 Å². The van der Waals surface area contributed by atoms with E-state index >= 15 is 0 Å². The predicted octanol–water partition coefficient (Wildman–Crippen LogP) is 8.17. The first kappa shape index (κ1) is 22.9. The van der Waals surface area contributed by atoms with Crippen molar-refractivity contribution in [3.05, 3.63) is 11.1 Å². The highest BCUT2D eigenvalue weighted by atomic mass is 16.3. The molecule has 2 unspecified atom stereocenters. The summed E-state index contributed by atoms with van der Waals surface area (Å²) in [5.74, 6) is 4.75. The Morgan fingerprint density at radius 3 is 2.43 bits per heavy atom. The second kappa shape index (κ2) is 8.57. The number of hydrogen-bond donors (Lipinski definition) is 1. The van der Waals surface area contributed by atoms with Crippen molar-refractivity contribution in [3.8, 4) is 0 Å². The molecule has 0 aromatic heterocycles. The first-order valence-corrected chi connectivity index (χ1v) is 13.6.